The number of nitrogens with one attached hydrogen (secondary N) is 3. The maximum atomic E-state index is 12.7. The zero-order valence-corrected chi connectivity index (χ0v) is 23.5. The zero-order valence-electron chi connectivity index (χ0n) is 21.9. The molecule has 4 N–H and O–H groups in total. The molecule has 11 nitrogen and oxygen atoms in total. The van der Waals surface area contributed by atoms with Crippen molar-refractivity contribution in [1.29, 1.82) is 0 Å². The Labute approximate surface area is 245 Å². The smallest absolute Gasteiger partial charge is 0.338 e. The highest BCUT2D eigenvalue weighted by Crippen LogP contribution is 2.34. The predicted molar refractivity (Wildman–Crippen MR) is 155 cm³/mol. The molecule has 0 unspecified atom stereocenters. The number of furan rings is 1. The number of carboxylic acid groups (broad SMARTS) is 1. The van der Waals surface area contributed by atoms with Crippen LogP contribution in [-0.4, -0.2) is 47.5 Å². The van der Waals surface area contributed by atoms with Crippen LogP contribution >= 0.6 is 23.8 Å². The fourth-order valence-electron chi connectivity index (χ4n) is 4.01. The van der Waals surface area contributed by atoms with Crippen molar-refractivity contribution in [1.82, 2.24) is 16.1 Å². The first kappa shape index (κ1) is 29.3. The molecular weight excluding hydrogens is 572 g/mol. The molecule has 3 aromatic rings. The number of esters is 1. The quantitative estimate of drug-likeness (QED) is 0.116. The van der Waals surface area contributed by atoms with Crippen molar-refractivity contribution in [2.75, 3.05) is 13.2 Å². The summed E-state index contributed by atoms with van der Waals surface area (Å²) in [5.41, 5.74) is 4.31. The van der Waals surface area contributed by atoms with Gasteiger partial charge in [0.2, 0.25) is 0 Å². The summed E-state index contributed by atoms with van der Waals surface area (Å²) in [4.78, 5) is 36.4. The van der Waals surface area contributed by atoms with Gasteiger partial charge in [-0.05, 0) is 62.5 Å². The van der Waals surface area contributed by atoms with Gasteiger partial charge in [-0.15, -0.1) is 0 Å². The lowest BCUT2D eigenvalue weighted by molar-refractivity contribution is -0.139. The van der Waals surface area contributed by atoms with Crippen molar-refractivity contribution >= 4 is 53.0 Å². The fraction of sp³-hybridized carbons (Fsp3) is 0.179. The average Bonchev–Trinajstić information content (AvgIpc) is 3.40. The molecule has 0 fully saturated rings. The van der Waals surface area contributed by atoms with E-state index in [9.17, 15) is 19.5 Å². The van der Waals surface area contributed by atoms with Crippen LogP contribution in [0.2, 0.25) is 5.02 Å². The van der Waals surface area contributed by atoms with E-state index >= 15 is 0 Å². The number of allylic oxidation sites excluding steroid dienone is 1. The summed E-state index contributed by atoms with van der Waals surface area (Å²) in [7, 11) is 0. The van der Waals surface area contributed by atoms with Crippen molar-refractivity contribution in [3.05, 3.63) is 87.8 Å². The highest BCUT2D eigenvalue weighted by molar-refractivity contribution is 7.80. The third-order valence-corrected chi connectivity index (χ3v) is 6.39. The minimum Gasteiger partial charge on any atom is -0.483 e. The second-order valence-corrected chi connectivity index (χ2v) is 9.43. The number of carboxylic acids is 1. The number of carbonyl (C=O) groups excluding carboxylic acids is 2. The molecule has 2 heterocycles. The van der Waals surface area contributed by atoms with Crippen molar-refractivity contribution < 1.29 is 33.4 Å². The van der Waals surface area contributed by atoms with Gasteiger partial charge in [0.25, 0.3) is 5.91 Å². The van der Waals surface area contributed by atoms with Crippen molar-refractivity contribution in [3.63, 3.8) is 0 Å². The molecule has 0 saturated heterocycles. The molecule has 13 heteroatoms. The number of thiocarbonyl (C=S) groups is 1. The lowest BCUT2D eigenvalue weighted by Crippen LogP contribution is -2.45. The van der Waals surface area contributed by atoms with Gasteiger partial charge in [-0.2, -0.15) is 5.10 Å². The van der Waals surface area contributed by atoms with Crippen LogP contribution in [0.15, 0.2) is 75.4 Å². The molecule has 0 saturated carbocycles. The number of amides is 1. The van der Waals surface area contributed by atoms with Gasteiger partial charge in [-0.25, -0.2) is 15.0 Å². The number of benzene rings is 2. The second kappa shape index (κ2) is 13.1. The number of para-hydroxylation sites is 1. The molecule has 2 aromatic carbocycles. The lowest BCUT2D eigenvalue weighted by atomic mass is 9.95. The highest BCUT2D eigenvalue weighted by Gasteiger charge is 2.32. The van der Waals surface area contributed by atoms with Crippen LogP contribution < -0.4 is 20.8 Å². The Morgan fingerprint density at radius 1 is 1.20 bits per heavy atom. The molecular formula is C28H25ClN4O7S. The molecule has 0 spiro atoms. The van der Waals surface area contributed by atoms with Crippen LogP contribution in [0.5, 0.6) is 5.75 Å². The molecule has 0 aliphatic carbocycles. The second-order valence-electron chi connectivity index (χ2n) is 8.61. The summed E-state index contributed by atoms with van der Waals surface area (Å²) in [6, 6.07) is 13.8. The normalized spacial score (nSPS) is 14.8. The Bertz CT molecular complexity index is 1570. The fourth-order valence-corrected chi connectivity index (χ4v) is 4.50. The summed E-state index contributed by atoms with van der Waals surface area (Å²) in [5, 5.41) is 19.8. The molecule has 212 valence electrons. The SMILES string of the molecule is CCOC(=O)C1=C(C)NC(=S)N[C@H]1c1ccccc1OCC(=O)NN=Cc1ccc(-c2cc(C(=O)O)ccc2Cl)o1. The number of carbonyl (C=O) groups is 3. The van der Waals surface area contributed by atoms with E-state index in [4.69, 9.17) is 37.7 Å². The van der Waals surface area contributed by atoms with Gasteiger partial charge in [-0.1, -0.05) is 29.8 Å². The van der Waals surface area contributed by atoms with Gasteiger partial charge in [0.15, 0.2) is 11.7 Å². The van der Waals surface area contributed by atoms with E-state index in [2.05, 4.69) is 21.2 Å². The van der Waals surface area contributed by atoms with E-state index in [0.29, 0.717) is 49.8 Å². The van der Waals surface area contributed by atoms with E-state index in [1.165, 1.54) is 24.4 Å². The molecule has 41 heavy (non-hydrogen) atoms. The number of nitrogens with zero attached hydrogens (tertiary/aromatic N) is 1. The standard InChI is InChI=1S/C28H25ClN4O7S/c1-3-38-27(37)24-15(2)31-28(41)32-25(24)18-6-4-5-7-21(18)39-14-23(34)33-30-13-17-9-11-22(40-17)19-12-16(26(35)36)8-10-20(19)29/h4-13,25H,3,14H2,1-2H3,(H,33,34)(H,35,36)(H2,31,32,41)/t25-/m0/s1. The summed E-state index contributed by atoms with van der Waals surface area (Å²) >= 11 is 11.5. The van der Waals surface area contributed by atoms with Gasteiger partial charge in [0, 0.05) is 16.8 Å². The predicted octanol–water partition coefficient (Wildman–Crippen LogP) is 4.18. The van der Waals surface area contributed by atoms with Gasteiger partial charge in [0.05, 0.1) is 35.0 Å². The van der Waals surface area contributed by atoms with Crippen LogP contribution in [0.25, 0.3) is 11.3 Å². The molecule has 0 radical (unpaired) electrons. The van der Waals surface area contributed by atoms with E-state index in [1.807, 2.05) is 0 Å². The first-order valence-corrected chi connectivity index (χ1v) is 13.1. The average molecular weight is 597 g/mol. The Balaban J connectivity index is 1.41. The minimum atomic E-state index is -1.09. The molecule has 1 aromatic heterocycles. The number of hydrazone groups is 1. The first-order chi connectivity index (χ1) is 19.7. The third-order valence-electron chi connectivity index (χ3n) is 5.84. The van der Waals surface area contributed by atoms with Crippen molar-refractivity contribution in [3.8, 4) is 17.1 Å². The number of rotatable bonds is 10. The van der Waals surface area contributed by atoms with Gasteiger partial charge >= 0.3 is 11.9 Å². The molecule has 0 bridgehead atoms. The zero-order chi connectivity index (χ0) is 29.5. The number of ether oxygens (including phenoxy) is 2. The lowest BCUT2D eigenvalue weighted by Gasteiger charge is -2.30. The number of hydrogen-bond donors (Lipinski definition) is 4. The molecule has 1 amide bonds. The minimum absolute atomic E-state index is 0.0618. The number of aromatic carboxylic acids is 1. The van der Waals surface area contributed by atoms with Crippen LogP contribution in [0.3, 0.4) is 0 Å². The first-order valence-electron chi connectivity index (χ1n) is 12.3. The topological polar surface area (TPSA) is 151 Å². The van der Waals surface area contributed by atoms with Crippen molar-refractivity contribution in [2.24, 2.45) is 5.10 Å². The van der Waals surface area contributed by atoms with Gasteiger partial charge < -0.3 is 29.6 Å². The van der Waals surface area contributed by atoms with Crippen LogP contribution in [0, 0.1) is 0 Å². The monoisotopic (exact) mass is 596 g/mol. The van der Waals surface area contributed by atoms with E-state index in [0.717, 1.165) is 0 Å². The summed E-state index contributed by atoms with van der Waals surface area (Å²) in [6.07, 6.45) is 1.28. The Kier molecular flexibility index (Phi) is 9.37. The molecule has 1 atom stereocenters. The van der Waals surface area contributed by atoms with E-state index in [1.54, 1.807) is 50.2 Å². The van der Waals surface area contributed by atoms with Crippen molar-refractivity contribution in [2.45, 2.75) is 19.9 Å². The number of halogens is 1. The Morgan fingerprint density at radius 3 is 2.73 bits per heavy atom. The highest BCUT2D eigenvalue weighted by atomic mass is 35.5. The Morgan fingerprint density at radius 2 is 1.98 bits per heavy atom. The van der Waals surface area contributed by atoms with Crippen LogP contribution in [0.4, 0.5) is 0 Å². The Hall–Kier alpha value is -4.68. The molecule has 1 aliphatic heterocycles. The summed E-state index contributed by atoms with van der Waals surface area (Å²) < 4.78 is 16.7. The summed E-state index contributed by atoms with van der Waals surface area (Å²) in [5.74, 6) is -1.15. The number of hydrogen-bond acceptors (Lipinski definition) is 8. The van der Waals surface area contributed by atoms with Crippen LogP contribution in [0.1, 0.15) is 41.6 Å². The van der Waals surface area contributed by atoms with Gasteiger partial charge in [-0.3, -0.25) is 4.79 Å². The summed E-state index contributed by atoms with van der Waals surface area (Å²) in [6.45, 7) is 3.28. The van der Waals surface area contributed by atoms with E-state index < -0.39 is 23.9 Å². The molecule has 1 aliphatic rings. The molecule has 4 rings (SSSR count). The third kappa shape index (κ3) is 7.10. The van der Waals surface area contributed by atoms with E-state index in [-0.39, 0.29) is 18.8 Å². The largest absolute Gasteiger partial charge is 0.483 e. The maximum Gasteiger partial charge on any atom is 0.338 e. The van der Waals surface area contributed by atoms with Crippen LogP contribution in [-0.2, 0) is 14.3 Å². The maximum absolute atomic E-state index is 12.7. The van der Waals surface area contributed by atoms with Gasteiger partial charge in [0.1, 0.15) is 17.3 Å².